The van der Waals surface area contributed by atoms with Crippen molar-refractivity contribution in [3.05, 3.63) is 64.2 Å². The summed E-state index contributed by atoms with van der Waals surface area (Å²) in [5.41, 5.74) is 1.91. The highest BCUT2D eigenvalue weighted by Gasteiger charge is 2.33. The van der Waals surface area contributed by atoms with Crippen LogP contribution in [0.5, 0.6) is 0 Å². The van der Waals surface area contributed by atoms with E-state index in [-0.39, 0.29) is 11.7 Å². The van der Waals surface area contributed by atoms with Crippen molar-refractivity contribution in [3.63, 3.8) is 0 Å². The van der Waals surface area contributed by atoms with Crippen LogP contribution in [0, 0.1) is 17.0 Å². The molecule has 0 bridgehead atoms. The number of aryl methyl sites for hydroxylation is 1. The molecule has 1 aliphatic heterocycles. The van der Waals surface area contributed by atoms with E-state index < -0.39 is 14.9 Å². The van der Waals surface area contributed by atoms with Gasteiger partial charge in [0.1, 0.15) is 0 Å². The first-order valence-corrected chi connectivity index (χ1v) is 9.81. The zero-order chi connectivity index (χ0) is 18.9. The van der Waals surface area contributed by atoms with E-state index in [1.165, 1.54) is 16.4 Å². The first-order valence-electron chi connectivity index (χ1n) is 8.37. The Hall–Kier alpha value is -2.45. The summed E-state index contributed by atoms with van der Waals surface area (Å²) >= 11 is 0. The maximum Gasteiger partial charge on any atom is 0.269 e. The van der Waals surface area contributed by atoms with Gasteiger partial charge in [0.25, 0.3) is 5.69 Å². The third-order valence-electron chi connectivity index (χ3n) is 4.62. The summed E-state index contributed by atoms with van der Waals surface area (Å²) in [6, 6.07) is 13.0. The van der Waals surface area contributed by atoms with Crippen LogP contribution in [-0.2, 0) is 10.0 Å². The quantitative estimate of drug-likeness (QED) is 0.606. The van der Waals surface area contributed by atoms with Gasteiger partial charge in [0.05, 0.1) is 9.82 Å². The molecular weight excluding hydrogens is 354 g/mol. The maximum absolute atomic E-state index is 12.9. The molecule has 138 valence electrons. The number of sulfonamides is 1. The molecule has 7 nitrogen and oxygen atoms in total. The highest BCUT2D eigenvalue weighted by molar-refractivity contribution is 7.89. The first-order chi connectivity index (χ1) is 12.3. The molecule has 0 saturated carbocycles. The van der Waals surface area contributed by atoms with E-state index in [1.54, 1.807) is 36.4 Å². The lowest BCUT2D eigenvalue weighted by molar-refractivity contribution is -0.384. The fourth-order valence-corrected chi connectivity index (χ4v) is 4.78. The van der Waals surface area contributed by atoms with Gasteiger partial charge in [-0.2, -0.15) is 4.31 Å². The lowest BCUT2D eigenvalue weighted by Gasteiger charge is -2.40. The first kappa shape index (κ1) is 18.3. The Morgan fingerprint density at radius 1 is 1.04 bits per heavy atom. The molecule has 0 aliphatic carbocycles. The number of piperazine rings is 1. The highest BCUT2D eigenvalue weighted by Crippen LogP contribution is 2.26. The second kappa shape index (κ2) is 7.05. The molecule has 1 saturated heterocycles. The zero-order valence-electron chi connectivity index (χ0n) is 14.7. The molecule has 0 radical (unpaired) electrons. The van der Waals surface area contributed by atoms with E-state index in [1.807, 2.05) is 13.8 Å². The molecule has 1 heterocycles. The van der Waals surface area contributed by atoms with Gasteiger partial charge in [0.15, 0.2) is 0 Å². The molecule has 0 aromatic heterocycles. The van der Waals surface area contributed by atoms with Crippen molar-refractivity contribution in [2.75, 3.05) is 24.5 Å². The van der Waals surface area contributed by atoms with Crippen LogP contribution >= 0.6 is 0 Å². The van der Waals surface area contributed by atoms with Gasteiger partial charge in [-0.1, -0.05) is 17.7 Å². The van der Waals surface area contributed by atoms with E-state index in [9.17, 15) is 18.5 Å². The Labute approximate surface area is 153 Å². The van der Waals surface area contributed by atoms with Gasteiger partial charge in [-0.25, -0.2) is 8.42 Å². The van der Waals surface area contributed by atoms with Crippen LogP contribution in [0.4, 0.5) is 11.4 Å². The molecule has 0 unspecified atom stereocenters. The minimum absolute atomic E-state index is 0.0439. The predicted octanol–water partition coefficient (Wildman–Crippen LogP) is 2.80. The van der Waals surface area contributed by atoms with E-state index >= 15 is 0 Å². The van der Waals surface area contributed by atoms with Crippen molar-refractivity contribution in [2.45, 2.75) is 24.8 Å². The van der Waals surface area contributed by atoms with E-state index in [4.69, 9.17) is 0 Å². The van der Waals surface area contributed by atoms with Crippen molar-refractivity contribution in [2.24, 2.45) is 0 Å². The van der Waals surface area contributed by atoms with Crippen molar-refractivity contribution in [3.8, 4) is 0 Å². The molecular formula is C18H21N3O4S. The van der Waals surface area contributed by atoms with E-state index in [2.05, 4.69) is 4.90 Å². The Bertz CT molecular complexity index is 895. The van der Waals surface area contributed by atoms with Crippen molar-refractivity contribution >= 4 is 21.4 Å². The molecule has 0 spiro atoms. The number of rotatable bonds is 4. The fraction of sp³-hybridized carbons (Fsp3) is 0.333. The van der Waals surface area contributed by atoms with Gasteiger partial charge in [-0.3, -0.25) is 10.1 Å². The predicted molar refractivity (Wildman–Crippen MR) is 99.8 cm³/mol. The monoisotopic (exact) mass is 375 g/mol. The molecule has 1 atom stereocenters. The van der Waals surface area contributed by atoms with Gasteiger partial charge in [0.2, 0.25) is 10.0 Å². The summed E-state index contributed by atoms with van der Waals surface area (Å²) in [6.07, 6.45) is 0. The Kier molecular flexibility index (Phi) is 4.97. The van der Waals surface area contributed by atoms with Gasteiger partial charge in [-0.15, -0.1) is 0 Å². The average molecular weight is 375 g/mol. The summed E-state index contributed by atoms with van der Waals surface area (Å²) in [5, 5.41) is 10.8. The van der Waals surface area contributed by atoms with E-state index in [0.717, 1.165) is 11.3 Å². The number of nitro benzene ring substituents is 1. The zero-order valence-corrected chi connectivity index (χ0v) is 15.5. The molecule has 1 fully saturated rings. The molecule has 0 amide bonds. The number of anilines is 1. The molecule has 1 aliphatic rings. The summed E-state index contributed by atoms with van der Waals surface area (Å²) in [4.78, 5) is 12.7. The van der Waals surface area contributed by atoms with Crippen LogP contribution in [0.2, 0.25) is 0 Å². The number of hydrogen-bond acceptors (Lipinski definition) is 5. The maximum atomic E-state index is 12.9. The number of hydrogen-bond donors (Lipinski definition) is 0. The van der Waals surface area contributed by atoms with E-state index in [0.29, 0.717) is 24.5 Å². The van der Waals surface area contributed by atoms with Gasteiger partial charge < -0.3 is 4.90 Å². The van der Waals surface area contributed by atoms with Crippen LogP contribution in [0.1, 0.15) is 12.5 Å². The Balaban J connectivity index is 1.75. The topological polar surface area (TPSA) is 83.8 Å². The average Bonchev–Trinajstić information content (AvgIpc) is 2.62. The Morgan fingerprint density at radius 3 is 2.19 bits per heavy atom. The fourth-order valence-electron chi connectivity index (χ4n) is 3.16. The lowest BCUT2D eigenvalue weighted by Crippen LogP contribution is -2.54. The smallest absolute Gasteiger partial charge is 0.269 e. The van der Waals surface area contributed by atoms with Gasteiger partial charge in [0, 0.05) is 43.5 Å². The second-order valence-electron chi connectivity index (χ2n) is 6.50. The van der Waals surface area contributed by atoms with Crippen molar-refractivity contribution in [1.82, 2.24) is 4.31 Å². The number of nitrogens with zero attached hydrogens (tertiary/aromatic N) is 3. The molecule has 8 heteroatoms. The molecule has 26 heavy (non-hydrogen) atoms. The second-order valence-corrected chi connectivity index (χ2v) is 8.39. The number of benzene rings is 2. The number of nitro groups is 1. The number of non-ortho nitro benzene ring substituents is 1. The molecule has 2 aromatic rings. The summed E-state index contributed by atoms with van der Waals surface area (Å²) in [5.74, 6) is 0. The largest absolute Gasteiger partial charge is 0.369 e. The standard InChI is InChI=1S/C18H21N3O4S/c1-14-3-9-18(10-4-14)26(24,25)20-12-11-19(13-15(20)2)16-5-7-17(8-6-16)21(22)23/h3-10,15H,11-13H2,1-2H3/t15-/m0/s1. The van der Waals surface area contributed by atoms with Crippen LogP contribution in [0.25, 0.3) is 0 Å². The minimum Gasteiger partial charge on any atom is -0.369 e. The highest BCUT2D eigenvalue weighted by atomic mass is 32.2. The summed E-state index contributed by atoms with van der Waals surface area (Å²) in [6.45, 7) is 5.23. The molecule has 2 aromatic carbocycles. The third kappa shape index (κ3) is 3.56. The lowest BCUT2D eigenvalue weighted by atomic mass is 10.2. The van der Waals surface area contributed by atoms with Gasteiger partial charge in [-0.05, 0) is 38.1 Å². The summed E-state index contributed by atoms with van der Waals surface area (Å²) in [7, 11) is -3.53. The molecule has 3 rings (SSSR count). The SMILES string of the molecule is Cc1ccc(S(=O)(=O)N2CCN(c3ccc([N+](=O)[O-])cc3)C[C@@H]2C)cc1. The minimum atomic E-state index is -3.53. The van der Waals surface area contributed by atoms with Crippen LogP contribution in [0.15, 0.2) is 53.4 Å². The van der Waals surface area contributed by atoms with Crippen LogP contribution in [-0.4, -0.2) is 43.3 Å². The Morgan fingerprint density at radius 2 is 1.65 bits per heavy atom. The molecule has 0 N–H and O–H groups in total. The van der Waals surface area contributed by atoms with Crippen molar-refractivity contribution in [1.29, 1.82) is 0 Å². The van der Waals surface area contributed by atoms with Crippen LogP contribution in [0.3, 0.4) is 0 Å². The normalized spacial score (nSPS) is 18.7. The summed E-state index contributed by atoms with van der Waals surface area (Å²) < 4.78 is 27.3. The van der Waals surface area contributed by atoms with Crippen molar-refractivity contribution < 1.29 is 13.3 Å². The van der Waals surface area contributed by atoms with Gasteiger partial charge >= 0.3 is 0 Å². The van der Waals surface area contributed by atoms with Crippen LogP contribution < -0.4 is 4.90 Å². The third-order valence-corrected chi connectivity index (χ3v) is 6.65.